The van der Waals surface area contributed by atoms with Crippen molar-refractivity contribution in [1.82, 2.24) is 5.32 Å². The fourth-order valence-electron chi connectivity index (χ4n) is 1.71. The first-order chi connectivity index (χ1) is 9.10. The van der Waals surface area contributed by atoms with E-state index in [2.05, 4.69) is 31.3 Å². The smallest absolute Gasteiger partial charge is 0.110 e. The Morgan fingerprint density at radius 1 is 1.32 bits per heavy atom. The van der Waals surface area contributed by atoms with Crippen LogP contribution in [0.15, 0.2) is 30.3 Å². The van der Waals surface area contributed by atoms with Crippen LogP contribution in [0.5, 0.6) is 0 Å². The zero-order valence-corrected chi connectivity index (χ0v) is 12.5. The maximum Gasteiger partial charge on any atom is 0.110 e. The van der Waals surface area contributed by atoms with Gasteiger partial charge in [-0.2, -0.15) is 5.26 Å². The lowest BCUT2D eigenvalue weighted by atomic mass is 10.1. The van der Waals surface area contributed by atoms with Gasteiger partial charge in [0.25, 0.3) is 0 Å². The minimum absolute atomic E-state index is 0.436. The quantitative estimate of drug-likeness (QED) is 0.904. The number of rotatable bonds is 4. The zero-order chi connectivity index (χ0) is 13.8. The summed E-state index contributed by atoms with van der Waals surface area (Å²) in [6.45, 7) is 4.99. The van der Waals surface area contributed by atoms with Gasteiger partial charge in [-0.25, -0.2) is 0 Å². The molecule has 1 N–H and O–H groups in total. The predicted octanol–water partition coefficient (Wildman–Crippen LogP) is 4.44. The van der Waals surface area contributed by atoms with Crippen molar-refractivity contribution < 1.29 is 0 Å². The van der Waals surface area contributed by atoms with Crippen LogP contribution in [-0.2, 0) is 6.54 Å². The number of benzene rings is 1. The Balaban J connectivity index is 2.21. The lowest BCUT2D eigenvalue weighted by Gasteiger charge is -2.10. The molecule has 19 heavy (non-hydrogen) atoms. The first kappa shape index (κ1) is 14.1. The minimum Gasteiger partial charge on any atom is -0.310 e. The van der Waals surface area contributed by atoms with E-state index in [1.54, 1.807) is 0 Å². The lowest BCUT2D eigenvalue weighted by molar-refractivity contribution is 0.589. The molecule has 0 atom stereocenters. The fourth-order valence-corrected chi connectivity index (χ4v) is 2.76. The molecule has 0 amide bonds. The highest BCUT2D eigenvalue weighted by Crippen LogP contribution is 2.30. The highest BCUT2D eigenvalue weighted by Gasteiger charge is 2.06. The Morgan fingerprint density at radius 3 is 2.68 bits per heavy atom. The first-order valence-corrected chi connectivity index (χ1v) is 7.31. The number of hydrogen-bond donors (Lipinski definition) is 1. The monoisotopic (exact) mass is 290 g/mol. The van der Waals surface area contributed by atoms with Gasteiger partial charge in [0, 0.05) is 22.5 Å². The largest absolute Gasteiger partial charge is 0.310 e. The van der Waals surface area contributed by atoms with Crippen LogP contribution < -0.4 is 5.32 Å². The molecule has 0 saturated carbocycles. The van der Waals surface area contributed by atoms with E-state index >= 15 is 0 Å². The molecule has 2 aromatic rings. The summed E-state index contributed by atoms with van der Waals surface area (Å²) in [6.07, 6.45) is 0. The van der Waals surface area contributed by atoms with E-state index in [-0.39, 0.29) is 0 Å². The maximum atomic E-state index is 8.84. The molecular formula is C15H15ClN2S. The van der Waals surface area contributed by atoms with Crippen molar-refractivity contribution in [3.8, 4) is 16.5 Å². The van der Waals surface area contributed by atoms with E-state index in [9.17, 15) is 0 Å². The molecule has 0 aliphatic rings. The summed E-state index contributed by atoms with van der Waals surface area (Å²) in [5, 5.41) is 13.0. The molecular weight excluding hydrogens is 276 g/mol. The summed E-state index contributed by atoms with van der Waals surface area (Å²) in [4.78, 5) is 1.79. The van der Waals surface area contributed by atoms with Crippen LogP contribution in [0.25, 0.3) is 10.4 Å². The second-order valence-corrected chi connectivity index (χ2v) is 6.11. The Kier molecular flexibility index (Phi) is 4.60. The van der Waals surface area contributed by atoms with Gasteiger partial charge in [-0.15, -0.1) is 11.3 Å². The van der Waals surface area contributed by atoms with Gasteiger partial charge in [0.1, 0.15) is 10.9 Å². The maximum absolute atomic E-state index is 8.84. The molecule has 0 fully saturated rings. The van der Waals surface area contributed by atoms with Gasteiger partial charge in [0.15, 0.2) is 0 Å². The van der Waals surface area contributed by atoms with Crippen molar-refractivity contribution in [2.45, 2.75) is 26.4 Å². The van der Waals surface area contributed by atoms with Crippen LogP contribution >= 0.6 is 22.9 Å². The number of hydrogen-bond acceptors (Lipinski definition) is 3. The van der Waals surface area contributed by atoms with Crippen molar-refractivity contribution in [3.05, 3.63) is 45.8 Å². The predicted molar refractivity (Wildman–Crippen MR) is 81.5 cm³/mol. The van der Waals surface area contributed by atoms with Crippen LogP contribution in [0.2, 0.25) is 5.02 Å². The molecule has 0 saturated heterocycles. The molecule has 0 bridgehead atoms. The van der Waals surface area contributed by atoms with Gasteiger partial charge in [0.05, 0.1) is 0 Å². The standard InChI is InChI=1S/C15H15ClN2S/c1-10(2)18-9-12-4-3-11(7-14(12)16)15-6-5-13(8-17)19-15/h3-7,10,18H,9H2,1-2H3. The van der Waals surface area contributed by atoms with E-state index in [4.69, 9.17) is 16.9 Å². The molecule has 98 valence electrons. The van der Waals surface area contributed by atoms with Crippen molar-refractivity contribution in [2.75, 3.05) is 0 Å². The van der Waals surface area contributed by atoms with Crippen molar-refractivity contribution >= 4 is 22.9 Å². The molecule has 0 spiro atoms. The van der Waals surface area contributed by atoms with Gasteiger partial charge < -0.3 is 5.32 Å². The van der Waals surface area contributed by atoms with Crippen molar-refractivity contribution in [2.24, 2.45) is 0 Å². The molecule has 0 aliphatic carbocycles. The van der Waals surface area contributed by atoms with Crippen LogP contribution in [0.1, 0.15) is 24.3 Å². The molecule has 0 aliphatic heterocycles. The van der Waals surface area contributed by atoms with Gasteiger partial charge in [-0.3, -0.25) is 0 Å². The molecule has 1 aromatic heterocycles. The fraction of sp³-hybridized carbons (Fsp3) is 0.267. The van der Waals surface area contributed by atoms with E-state index in [0.717, 1.165) is 32.4 Å². The lowest BCUT2D eigenvalue weighted by Crippen LogP contribution is -2.21. The Morgan fingerprint density at radius 2 is 2.11 bits per heavy atom. The third kappa shape index (κ3) is 3.57. The molecule has 2 rings (SSSR count). The molecule has 0 radical (unpaired) electrons. The summed E-state index contributed by atoms with van der Waals surface area (Å²) in [6, 6.07) is 12.4. The highest BCUT2D eigenvalue weighted by atomic mass is 35.5. The number of nitrogens with one attached hydrogen (secondary N) is 1. The van der Waals surface area contributed by atoms with E-state index in [1.807, 2.05) is 24.3 Å². The second-order valence-electron chi connectivity index (χ2n) is 4.62. The topological polar surface area (TPSA) is 35.8 Å². The molecule has 4 heteroatoms. The first-order valence-electron chi connectivity index (χ1n) is 6.12. The van der Waals surface area contributed by atoms with Crippen molar-refractivity contribution in [3.63, 3.8) is 0 Å². The average Bonchev–Trinajstić information content (AvgIpc) is 2.85. The Hall–Kier alpha value is -1.34. The van der Waals surface area contributed by atoms with E-state index < -0.39 is 0 Å². The number of nitrogens with zero attached hydrogens (tertiary/aromatic N) is 1. The van der Waals surface area contributed by atoms with Crippen LogP contribution in [0.3, 0.4) is 0 Å². The van der Waals surface area contributed by atoms with Crippen molar-refractivity contribution in [1.29, 1.82) is 5.26 Å². The van der Waals surface area contributed by atoms with Crippen LogP contribution in [-0.4, -0.2) is 6.04 Å². The van der Waals surface area contributed by atoms with Gasteiger partial charge in [-0.05, 0) is 29.3 Å². The molecule has 2 nitrogen and oxygen atoms in total. The number of nitriles is 1. The average molecular weight is 291 g/mol. The summed E-state index contributed by atoms with van der Waals surface area (Å²) >= 11 is 7.79. The molecule has 0 unspecified atom stereocenters. The van der Waals surface area contributed by atoms with Crippen LogP contribution in [0, 0.1) is 11.3 Å². The highest BCUT2D eigenvalue weighted by molar-refractivity contribution is 7.16. The normalized spacial score (nSPS) is 10.7. The summed E-state index contributed by atoms with van der Waals surface area (Å²) in [5.74, 6) is 0. The zero-order valence-electron chi connectivity index (χ0n) is 10.9. The summed E-state index contributed by atoms with van der Waals surface area (Å²) < 4.78 is 0. The molecule has 1 heterocycles. The number of halogens is 1. The van der Waals surface area contributed by atoms with Gasteiger partial charge >= 0.3 is 0 Å². The van der Waals surface area contributed by atoms with Gasteiger partial charge in [-0.1, -0.05) is 37.6 Å². The van der Waals surface area contributed by atoms with E-state index in [1.165, 1.54) is 11.3 Å². The third-order valence-corrected chi connectivity index (χ3v) is 4.15. The summed E-state index contributed by atoms with van der Waals surface area (Å²) in [5.41, 5.74) is 2.15. The van der Waals surface area contributed by atoms with E-state index in [0.29, 0.717) is 6.04 Å². The SMILES string of the molecule is CC(C)NCc1ccc(-c2ccc(C#N)s2)cc1Cl. The Bertz CT molecular complexity index is 611. The van der Waals surface area contributed by atoms with Gasteiger partial charge in [0.2, 0.25) is 0 Å². The third-order valence-electron chi connectivity index (χ3n) is 2.75. The van der Waals surface area contributed by atoms with Crippen LogP contribution in [0.4, 0.5) is 0 Å². The second kappa shape index (κ2) is 6.21. The Labute approximate surface area is 122 Å². The molecule has 1 aromatic carbocycles. The summed E-state index contributed by atoms with van der Waals surface area (Å²) in [7, 11) is 0. The minimum atomic E-state index is 0.436. The number of thiophene rings is 1.